The van der Waals surface area contributed by atoms with Crippen LogP contribution in [-0.4, -0.2) is 44.0 Å². The summed E-state index contributed by atoms with van der Waals surface area (Å²) in [6.07, 6.45) is 3.82. The molecule has 2 aromatic rings. The van der Waals surface area contributed by atoms with E-state index in [9.17, 15) is 8.42 Å². The average molecular weight is 392 g/mol. The predicted octanol–water partition coefficient (Wildman–Crippen LogP) is 2.93. The van der Waals surface area contributed by atoms with Crippen LogP contribution in [-0.2, 0) is 32.4 Å². The van der Waals surface area contributed by atoms with Gasteiger partial charge in [-0.15, -0.1) is 0 Å². The number of hydrogen-bond donors (Lipinski definition) is 0. The molecular formula is C19H24N2O5S. The topological polar surface area (TPSA) is 81.9 Å². The van der Waals surface area contributed by atoms with Gasteiger partial charge in [-0.05, 0) is 31.5 Å². The van der Waals surface area contributed by atoms with Gasteiger partial charge >= 0.3 is 0 Å². The third-order valence-corrected chi connectivity index (χ3v) is 8.23. The van der Waals surface area contributed by atoms with Gasteiger partial charge in [0, 0.05) is 18.7 Å². The smallest absolute Gasteiger partial charge is 0.205 e. The van der Waals surface area contributed by atoms with Gasteiger partial charge in [0.1, 0.15) is 5.69 Å². The molecule has 2 aliphatic heterocycles. The second kappa shape index (κ2) is 6.55. The van der Waals surface area contributed by atoms with Gasteiger partial charge in [0.05, 0.1) is 28.7 Å². The third-order valence-electron chi connectivity index (χ3n) is 5.94. The van der Waals surface area contributed by atoms with Gasteiger partial charge in [-0.25, -0.2) is 8.42 Å². The quantitative estimate of drug-likeness (QED) is 0.794. The van der Waals surface area contributed by atoms with E-state index in [2.05, 4.69) is 10.1 Å². The maximum absolute atomic E-state index is 13.6. The van der Waals surface area contributed by atoms with E-state index < -0.39 is 16.1 Å². The number of benzene rings is 1. The van der Waals surface area contributed by atoms with Crippen LogP contribution in [0.3, 0.4) is 0 Å². The molecule has 8 heteroatoms. The van der Waals surface area contributed by atoms with Crippen LogP contribution in [0.5, 0.6) is 0 Å². The van der Waals surface area contributed by atoms with Crippen molar-refractivity contribution in [3.63, 3.8) is 0 Å². The van der Waals surface area contributed by atoms with Crippen molar-refractivity contribution in [1.82, 2.24) is 10.1 Å². The molecule has 5 rings (SSSR count). The van der Waals surface area contributed by atoms with Crippen molar-refractivity contribution < 1.29 is 22.4 Å². The van der Waals surface area contributed by atoms with Crippen molar-refractivity contribution >= 4 is 20.8 Å². The molecule has 0 unspecified atom stereocenters. The highest BCUT2D eigenvalue weighted by atomic mass is 32.2. The fourth-order valence-electron chi connectivity index (χ4n) is 4.60. The number of fused-ring (bicyclic) bond motifs is 3. The van der Waals surface area contributed by atoms with E-state index in [-0.39, 0.29) is 5.25 Å². The van der Waals surface area contributed by atoms with Crippen molar-refractivity contribution in [2.75, 3.05) is 20.3 Å². The maximum Gasteiger partial charge on any atom is 0.205 e. The van der Waals surface area contributed by atoms with Crippen LogP contribution >= 0.6 is 0 Å². The van der Waals surface area contributed by atoms with Gasteiger partial charge in [0.15, 0.2) is 15.4 Å². The first kappa shape index (κ1) is 17.6. The van der Waals surface area contributed by atoms with E-state index in [1.165, 1.54) is 0 Å². The van der Waals surface area contributed by atoms with Crippen LogP contribution in [0.2, 0.25) is 0 Å². The zero-order chi connectivity index (χ0) is 18.6. The monoisotopic (exact) mass is 392 g/mol. The SMILES string of the molecule is CN1Cc2cc(S(=O)(=O)C3CCCCC3)c3c(C4OCCO4)noc3c2C1. The van der Waals surface area contributed by atoms with Crippen molar-refractivity contribution in [2.24, 2.45) is 0 Å². The van der Waals surface area contributed by atoms with Crippen molar-refractivity contribution in [3.05, 3.63) is 22.9 Å². The molecule has 3 aliphatic rings. The molecule has 0 spiro atoms. The highest BCUT2D eigenvalue weighted by Crippen LogP contribution is 2.41. The Balaban J connectivity index is 1.73. The Bertz CT molecular complexity index is 972. The molecule has 0 bridgehead atoms. The van der Waals surface area contributed by atoms with Crippen LogP contribution in [0, 0.1) is 0 Å². The summed E-state index contributed by atoms with van der Waals surface area (Å²) in [4.78, 5) is 2.49. The van der Waals surface area contributed by atoms with Crippen LogP contribution in [0.4, 0.5) is 0 Å². The summed E-state index contributed by atoms with van der Waals surface area (Å²) in [7, 11) is -1.46. The van der Waals surface area contributed by atoms with E-state index in [1.807, 2.05) is 13.1 Å². The minimum absolute atomic E-state index is 0.334. The Labute approximate surface area is 158 Å². The van der Waals surface area contributed by atoms with E-state index in [0.717, 1.165) is 49.8 Å². The van der Waals surface area contributed by atoms with E-state index in [4.69, 9.17) is 14.0 Å². The molecule has 1 saturated carbocycles. The van der Waals surface area contributed by atoms with E-state index in [1.54, 1.807) is 0 Å². The normalized spacial score (nSPS) is 22.7. The summed E-state index contributed by atoms with van der Waals surface area (Å²) in [5, 5.41) is 4.41. The standard InChI is InChI=1S/C19H24N2O5S/c1-21-10-12-9-15(27(22,23)13-5-3-2-4-6-13)16-17(19-24-7-8-25-19)20-26-18(16)14(12)11-21/h9,13,19H,2-8,10-11H2,1H3. The molecule has 3 heterocycles. The van der Waals surface area contributed by atoms with E-state index >= 15 is 0 Å². The minimum Gasteiger partial charge on any atom is -0.355 e. The second-order valence-corrected chi connectivity index (χ2v) is 10.0. The molecule has 1 aromatic heterocycles. The molecule has 7 nitrogen and oxygen atoms in total. The first-order valence-corrected chi connectivity index (χ1v) is 11.2. The van der Waals surface area contributed by atoms with Gasteiger partial charge in [-0.1, -0.05) is 24.4 Å². The third kappa shape index (κ3) is 2.81. The summed E-state index contributed by atoms with van der Waals surface area (Å²) in [6, 6.07) is 1.85. The van der Waals surface area contributed by atoms with Crippen LogP contribution in [0.25, 0.3) is 11.0 Å². The average Bonchev–Trinajstić information content (AvgIpc) is 3.39. The summed E-state index contributed by atoms with van der Waals surface area (Å²) in [5.41, 5.74) is 3.05. The number of hydrogen-bond acceptors (Lipinski definition) is 7. The molecule has 0 N–H and O–H groups in total. The van der Waals surface area contributed by atoms with Gasteiger partial charge < -0.3 is 14.0 Å². The number of sulfone groups is 1. The fraction of sp³-hybridized carbons (Fsp3) is 0.632. The Kier molecular flexibility index (Phi) is 4.27. The first-order valence-electron chi connectivity index (χ1n) is 9.65. The lowest BCUT2D eigenvalue weighted by molar-refractivity contribution is -0.0481. The lowest BCUT2D eigenvalue weighted by Gasteiger charge is -2.22. The van der Waals surface area contributed by atoms with Crippen molar-refractivity contribution in [1.29, 1.82) is 0 Å². The lowest BCUT2D eigenvalue weighted by atomic mass is 10.0. The summed E-state index contributed by atoms with van der Waals surface area (Å²) in [6.45, 7) is 2.37. The predicted molar refractivity (Wildman–Crippen MR) is 97.9 cm³/mol. The summed E-state index contributed by atoms with van der Waals surface area (Å²) >= 11 is 0. The maximum atomic E-state index is 13.6. The molecule has 0 amide bonds. The largest absolute Gasteiger partial charge is 0.355 e. The molecule has 27 heavy (non-hydrogen) atoms. The van der Waals surface area contributed by atoms with Gasteiger partial charge in [-0.2, -0.15) is 0 Å². The van der Waals surface area contributed by atoms with Crippen LogP contribution in [0.15, 0.2) is 15.5 Å². The second-order valence-electron chi connectivity index (χ2n) is 7.84. The van der Waals surface area contributed by atoms with E-state index in [0.29, 0.717) is 41.3 Å². The number of rotatable bonds is 3. The molecule has 146 valence electrons. The van der Waals surface area contributed by atoms with Crippen molar-refractivity contribution in [2.45, 2.75) is 61.6 Å². The fourth-order valence-corrected chi connectivity index (χ4v) is 6.70. The first-order chi connectivity index (χ1) is 13.1. The lowest BCUT2D eigenvalue weighted by Crippen LogP contribution is -2.24. The van der Waals surface area contributed by atoms with Crippen LogP contribution < -0.4 is 0 Å². The number of aromatic nitrogens is 1. The number of ether oxygens (including phenoxy) is 2. The molecule has 1 aromatic carbocycles. The highest BCUT2D eigenvalue weighted by Gasteiger charge is 2.37. The molecule has 1 saturated heterocycles. The Morgan fingerprint density at radius 2 is 1.85 bits per heavy atom. The van der Waals surface area contributed by atoms with Crippen molar-refractivity contribution in [3.8, 4) is 0 Å². The highest BCUT2D eigenvalue weighted by molar-refractivity contribution is 7.92. The molecule has 2 fully saturated rings. The molecule has 0 radical (unpaired) electrons. The van der Waals surface area contributed by atoms with Gasteiger partial charge in [0.25, 0.3) is 0 Å². The van der Waals surface area contributed by atoms with Gasteiger partial charge in [-0.3, -0.25) is 4.90 Å². The Hall–Kier alpha value is -1.48. The molecule has 1 aliphatic carbocycles. The minimum atomic E-state index is -3.48. The van der Waals surface area contributed by atoms with Gasteiger partial charge in [0.2, 0.25) is 6.29 Å². The Morgan fingerprint density at radius 3 is 2.59 bits per heavy atom. The summed E-state index contributed by atoms with van der Waals surface area (Å²) < 4.78 is 44.1. The zero-order valence-corrected chi connectivity index (χ0v) is 16.3. The molecular weight excluding hydrogens is 368 g/mol. The number of nitrogens with zero attached hydrogens (tertiary/aromatic N) is 2. The summed E-state index contributed by atoms with van der Waals surface area (Å²) in [5.74, 6) is 0. The zero-order valence-electron chi connectivity index (χ0n) is 15.4. The molecule has 0 atom stereocenters. The van der Waals surface area contributed by atoms with Crippen LogP contribution in [0.1, 0.15) is 55.2 Å². The Morgan fingerprint density at radius 1 is 1.11 bits per heavy atom.